The molecule has 2 heterocycles. The lowest BCUT2D eigenvalue weighted by molar-refractivity contribution is -0.143. The Kier molecular flexibility index (Phi) is 14.5. The van der Waals surface area contributed by atoms with Crippen molar-refractivity contribution in [2.75, 3.05) is 13.7 Å². The minimum atomic E-state index is -1.53. The minimum absolute atomic E-state index is 0.0216. The van der Waals surface area contributed by atoms with Crippen molar-refractivity contribution in [1.29, 1.82) is 0 Å². The molecule has 2 aromatic rings. The second-order valence-electron chi connectivity index (χ2n) is 16.1. The number of hydrogen-bond donors (Lipinski definition) is 7. The number of nitrogens with one attached hydrogen (secondary N) is 6. The highest BCUT2D eigenvalue weighted by atomic mass is 16.5. The number of carbonyl (C=O) groups is 7. The van der Waals surface area contributed by atoms with Crippen LogP contribution in [0.15, 0.2) is 48.5 Å². The lowest BCUT2D eigenvalue weighted by Gasteiger charge is -2.31. The summed E-state index contributed by atoms with van der Waals surface area (Å²) in [5.41, 5.74) is 1.67. The second kappa shape index (κ2) is 19.3. The molecule has 3 aliphatic rings. The number of para-hydroxylation sites is 1. The maximum atomic E-state index is 14.8. The van der Waals surface area contributed by atoms with Crippen molar-refractivity contribution in [2.45, 2.75) is 122 Å². The van der Waals surface area contributed by atoms with E-state index in [9.17, 15) is 38.7 Å². The van der Waals surface area contributed by atoms with Gasteiger partial charge in [0.15, 0.2) is 0 Å². The van der Waals surface area contributed by atoms with E-state index in [1.165, 1.54) is 25.9 Å². The van der Waals surface area contributed by atoms with Gasteiger partial charge in [-0.2, -0.15) is 0 Å². The summed E-state index contributed by atoms with van der Waals surface area (Å²) in [6, 6.07) is 6.53. The number of fused-ring (bicyclic) bond motifs is 2. The number of aryl methyl sites for hydroxylation is 1. The molecule has 5 rings (SSSR count). The predicted octanol–water partition coefficient (Wildman–Crippen LogP) is 0.630. The van der Waals surface area contributed by atoms with Crippen molar-refractivity contribution in [3.63, 3.8) is 0 Å². The first kappa shape index (κ1) is 43.6. The van der Waals surface area contributed by atoms with Crippen molar-refractivity contribution in [2.24, 2.45) is 11.8 Å². The van der Waals surface area contributed by atoms with E-state index in [4.69, 9.17) is 4.74 Å². The molecule has 1 aliphatic carbocycles. The van der Waals surface area contributed by atoms with Crippen molar-refractivity contribution in [1.82, 2.24) is 36.8 Å². The molecule has 1 unspecified atom stereocenters. The van der Waals surface area contributed by atoms with Gasteiger partial charge >= 0.3 is 0 Å². The predicted molar refractivity (Wildman–Crippen MR) is 213 cm³/mol. The molecule has 314 valence electrons. The van der Waals surface area contributed by atoms with Crippen LogP contribution in [0.25, 0.3) is 0 Å². The molecule has 0 radical (unpaired) electrons. The summed E-state index contributed by atoms with van der Waals surface area (Å²) in [7, 11) is 1.46. The lowest BCUT2D eigenvalue weighted by Crippen LogP contribution is -2.61. The summed E-state index contributed by atoms with van der Waals surface area (Å²) in [5, 5.41) is 27.6. The van der Waals surface area contributed by atoms with Gasteiger partial charge in [-0.25, -0.2) is 0 Å². The maximum absolute atomic E-state index is 14.8. The molecule has 0 bridgehead atoms. The van der Waals surface area contributed by atoms with Crippen LogP contribution in [0.1, 0.15) is 81.3 Å². The SMILES string of the molecule is COc1c(C)cccc1C(=O)N[C@@H]1CC2C(=O)N[C@@H](C)C(=O)N[C@@H]3CCC[C@H]3C(=O)N[C@@H](CC(C)C)C(=O)N[C@@H]([C@@H](C)O)C(=O)N[C@@H](Cc3ccccc3)C(=O)N2C1. The molecule has 7 N–H and O–H groups in total. The molecule has 16 nitrogen and oxygen atoms in total. The molecule has 1 saturated carbocycles. The molecule has 0 aromatic heterocycles. The van der Waals surface area contributed by atoms with Gasteiger partial charge in [0.1, 0.15) is 36.0 Å². The van der Waals surface area contributed by atoms with E-state index in [2.05, 4.69) is 31.9 Å². The van der Waals surface area contributed by atoms with Crippen molar-refractivity contribution in [3.8, 4) is 5.75 Å². The van der Waals surface area contributed by atoms with Crippen LogP contribution in [0.2, 0.25) is 0 Å². The quantitative estimate of drug-likeness (QED) is 0.199. The highest BCUT2D eigenvalue weighted by Gasteiger charge is 2.45. The molecule has 2 aliphatic heterocycles. The fourth-order valence-corrected chi connectivity index (χ4v) is 8.08. The van der Waals surface area contributed by atoms with Crippen LogP contribution in [0.4, 0.5) is 0 Å². The van der Waals surface area contributed by atoms with Gasteiger partial charge in [0.25, 0.3) is 5.91 Å². The Balaban J connectivity index is 1.52. The highest BCUT2D eigenvalue weighted by Crippen LogP contribution is 2.28. The van der Waals surface area contributed by atoms with Crippen molar-refractivity contribution in [3.05, 3.63) is 65.2 Å². The molecule has 2 saturated heterocycles. The topological polar surface area (TPSA) is 224 Å². The zero-order chi connectivity index (χ0) is 42.3. The summed E-state index contributed by atoms with van der Waals surface area (Å²) in [6.07, 6.45) is 0.346. The largest absolute Gasteiger partial charge is 0.496 e. The van der Waals surface area contributed by atoms with Gasteiger partial charge in [0.05, 0.1) is 24.7 Å². The van der Waals surface area contributed by atoms with Crippen LogP contribution < -0.4 is 36.6 Å². The fraction of sp³-hybridized carbons (Fsp3) is 0.548. The molecule has 2 aromatic carbocycles. The molecular formula is C42H57N7O9. The summed E-state index contributed by atoms with van der Waals surface area (Å²) in [5.74, 6) is -4.66. The van der Waals surface area contributed by atoms with E-state index in [1.54, 1.807) is 55.5 Å². The molecule has 7 amide bonds. The first-order chi connectivity index (χ1) is 27.6. The zero-order valence-electron chi connectivity index (χ0n) is 34.0. The van der Waals surface area contributed by atoms with Gasteiger partial charge in [-0.05, 0) is 69.6 Å². The standard InChI is InChI=1S/C42H57N7O9/c1-22(2)18-31-39(54)48-34(25(5)50)41(56)47-32(19-26-13-8-7-9-14-26)42(57)49-21-27(44-38(53)29-16-10-12-23(3)35(29)58-6)20-33(49)40(55)43-24(4)36(51)45-30-17-11-15-28(30)37(52)46-31/h7-10,12-14,16,22,24-25,27-28,30-34,50H,11,15,17-21H2,1-6H3,(H,43,55)(H,44,53)(H,45,51)(H,46,52)(H,47,56)(H,48,54)/t24-,25+,27+,28+,30+,31-,32-,33?,34-/m0/s1. The van der Waals surface area contributed by atoms with Crippen LogP contribution in [-0.2, 0) is 35.2 Å². The van der Waals surface area contributed by atoms with Gasteiger partial charge in [0.2, 0.25) is 35.4 Å². The third-order valence-corrected chi connectivity index (χ3v) is 11.1. The number of aliphatic hydroxyl groups excluding tert-OH is 1. The zero-order valence-corrected chi connectivity index (χ0v) is 34.0. The van der Waals surface area contributed by atoms with Gasteiger partial charge in [0, 0.05) is 25.0 Å². The molecule has 16 heteroatoms. The number of amides is 7. The average molecular weight is 804 g/mol. The van der Waals surface area contributed by atoms with Crippen molar-refractivity contribution >= 4 is 41.4 Å². The third-order valence-electron chi connectivity index (χ3n) is 11.1. The van der Waals surface area contributed by atoms with Crippen LogP contribution >= 0.6 is 0 Å². The summed E-state index contributed by atoms with van der Waals surface area (Å²) < 4.78 is 5.49. The normalized spacial score (nSPS) is 28.0. The van der Waals surface area contributed by atoms with Crippen molar-refractivity contribution < 1.29 is 43.4 Å². The molecule has 58 heavy (non-hydrogen) atoms. The number of aliphatic hydroxyl groups is 1. The number of methoxy groups -OCH3 is 1. The number of carbonyl (C=O) groups excluding carboxylic acids is 7. The smallest absolute Gasteiger partial charge is 0.255 e. The molecule has 3 fully saturated rings. The first-order valence-corrected chi connectivity index (χ1v) is 20.1. The molecular weight excluding hydrogens is 747 g/mol. The van der Waals surface area contributed by atoms with E-state index in [0.717, 1.165) is 5.56 Å². The van der Waals surface area contributed by atoms with E-state index in [-0.39, 0.29) is 37.3 Å². The Morgan fingerprint density at radius 3 is 2.22 bits per heavy atom. The van der Waals surface area contributed by atoms with E-state index >= 15 is 0 Å². The Morgan fingerprint density at radius 2 is 1.55 bits per heavy atom. The second-order valence-corrected chi connectivity index (χ2v) is 16.1. The average Bonchev–Trinajstić information content (AvgIpc) is 3.83. The number of rotatable bonds is 8. The molecule has 9 atom stereocenters. The van der Waals surface area contributed by atoms with E-state index in [0.29, 0.717) is 30.6 Å². The van der Waals surface area contributed by atoms with E-state index < -0.39 is 95.7 Å². The Labute approximate surface area is 339 Å². The Morgan fingerprint density at radius 1 is 0.845 bits per heavy atom. The van der Waals surface area contributed by atoms with Gasteiger partial charge in [-0.1, -0.05) is 62.7 Å². The van der Waals surface area contributed by atoms with Gasteiger partial charge in [-0.15, -0.1) is 0 Å². The van der Waals surface area contributed by atoms with Crippen LogP contribution in [-0.4, -0.2) is 113 Å². The summed E-state index contributed by atoms with van der Waals surface area (Å²) in [6.45, 7) is 8.26. The Bertz CT molecular complexity index is 1850. The highest BCUT2D eigenvalue weighted by molar-refractivity contribution is 5.99. The Hall–Kier alpha value is -5.51. The summed E-state index contributed by atoms with van der Waals surface area (Å²) in [4.78, 5) is 99.0. The number of benzene rings is 2. The third kappa shape index (κ3) is 10.5. The summed E-state index contributed by atoms with van der Waals surface area (Å²) >= 11 is 0. The van der Waals surface area contributed by atoms with Crippen LogP contribution in [0.3, 0.4) is 0 Å². The monoisotopic (exact) mass is 803 g/mol. The van der Waals surface area contributed by atoms with Crippen LogP contribution in [0.5, 0.6) is 5.75 Å². The molecule has 0 spiro atoms. The van der Waals surface area contributed by atoms with Crippen LogP contribution in [0, 0.1) is 18.8 Å². The fourth-order valence-electron chi connectivity index (χ4n) is 8.08. The number of hydrogen-bond acceptors (Lipinski definition) is 9. The number of nitrogens with zero attached hydrogens (tertiary/aromatic N) is 1. The first-order valence-electron chi connectivity index (χ1n) is 20.1. The lowest BCUT2D eigenvalue weighted by atomic mass is 9.98. The maximum Gasteiger partial charge on any atom is 0.255 e. The number of ether oxygens (including phenoxy) is 1. The van der Waals surface area contributed by atoms with Gasteiger partial charge < -0.3 is 46.6 Å². The van der Waals surface area contributed by atoms with E-state index in [1.807, 2.05) is 13.8 Å². The minimum Gasteiger partial charge on any atom is -0.496 e. The van der Waals surface area contributed by atoms with Gasteiger partial charge in [-0.3, -0.25) is 33.6 Å².